The first-order valence-electron chi connectivity index (χ1n) is 6.89. The SMILES string of the molecule is CC(C)c1cc(C(=O)NC(C)(C)C(F)(F)F)sc1C(C)C. The third-order valence-electron chi connectivity index (χ3n) is 3.30. The Bertz CT molecular complexity index is 490. The number of amides is 1. The molecule has 0 aliphatic carbocycles. The van der Waals surface area contributed by atoms with Crippen LogP contribution in [0.15, 0.2) is 6.07 Å². The topological polar surface area (TPSA) is 29.1 Å². The first-order chi connectivity index (χ1) is 9.36. The molecule has 1 N–H and O–H groups in total. The highest BCUT2D eigenvalue weighted by Gasteiger charge is 2.48. The summed E-state index contributed by atoms with van der Waals surface area (Å²) in [7, 11) is 0. The van der Waals surface area contributed by atoms with Gasteiger partial charge in [0.25, 0.3) is 5.91 Å². The second kappa shape index (κ2) is 5.99. The summed E-state index contributed by atoms with van der Waals surface area (Å²) in [6.45, 7) is 9.97. The van der Waals surface area contributed by atoms with E-state index in [1.165, 1.54) is 11.3 Å². The van der Waals surface area contributed by atoms with Crippen molar-refractivity contribution < 1.29 is 18.0 Å². The number of hydrogen-bond acceptors (Lipinski definition) is 2. The van der Waals surface area contributed by atoms with Gasteiger partial charge in [-0.05, 0) is 37.3 Å². The molecule has 0 fully saturated rings. The summed E-state index contributed by atoms with van der Waals surface area (Å²) in [5.41, 5.74) is -1.21. The maximum Gasteiger partial charge on any atom is 0.410 e. The Kier molecular flexibility index (Phi) is 5.13. The lowest BCUT2D eigenvalue weighted by molar-refractivity contribution is -0.182. The smallest absolute Gasteiger partial charge is 0.338 e. The Hall–Kier alpha value is -1.04. The van der Waals surface area contributed by atoms with E-state index >= 15 is 0 Å². The molecule has 0 unspecified atom stereocenters. The molecule has 0 saturated carbocycles. The summed E-state index contributed by atoms with van der Waals surface area (Å²) in [5.74, 6) is -0.198. The number of thiophene rings is 1. The van der Waals surface area contributed by atoms with Gasteiger partial charge in [0.05, 0.1) is 4.88 Å². The largest absolute Gasteiger partial charge is 0.410 e. The minimum Gasteiger partial charge on any atom is -0.338 e. The van der Waals surface area contributed by atoms with Crippen LogP contribution >= 0.6 is 11.3 Å². The fourth-order valence-corrected chi connectivity index (χ4v) is 3.06. The van der Waals surface area contributed by atoms with E-state index in [0.29, 0.717) is 4.88 Å². The highest BCUT2D eigenvalue weighted by Crippen LogP contribution is 2.35. The van der Waals surface area contributed by atoms with Crippen molar-refractivity contribution in [2.45, 2.75) is 65.1 Å². The maximum atomic E-state index is 12.8. The normalized spacial score (nSPS) is 13.1. The Morgan fingerprint density at radius 1 is 1.14 bits per heavy atom. The van der Waals surface area contributed by atoms with Gasteiger partial charge in [0.15, 0.2) is 0 Å². The molecule has 0 aromatic carbocycles. The van der Waals surface area contributed by atoms with Crippen molar-refractivity contribution in [1.82, 2.24) is 5.32 Å². The standard InChI is InChI=1S/C15H22F3NOS/c1-8(2)10-7-11(21-12(10)9(3)4)13(20)19-14(5,6)15(16,17)18/h7-9H,1-6H3,(H,19,20). The van der Waals surface area contributed by atoms with Crippen molar-refractivity contribution in [3.05, 3.63) is 21.4 Å². The van der Waals surface area contributed by atoms with E-state index in [2.05, 4.69) is 5.32 Å². The van der Waals surface area contributed by atoms with Gasteiger partial charge >= 0.3 is 6.18 Å². The summed E-state index contributed by atoms with van der Waals surface area (Å²) < 4.78 is 38.5. The Balaban J connectivity index is 3.07. The molecule has 0 atom stereocenters. The van der Waals surface area contributed by atoms with E-state index in [9.17, 15) is 18.0 Å². The molecule has 1 heterocycles. The van der Waals surface area contributed by atoms with Crippen molar-refractivity contribution in [2.75, 3.05) is 0 Å². The molecule has 0 bridgehead atoms. The maximum absolute atomic E-state index is 12.8. The van der Waals surface area contributed by atoms with Gasteiger partial charge in [0.2, 0.25) is 0 Å². The summed E-state index contributed by atoms with van der Waals surface area (Å²) in [6.07, 6.45) is -4.48. The summed E-state index contributed by atoms with van der Waals surface area (Å²) in [4.78, 5) is 13.5. The average molecular weight is 321 g/mol. The zero-order valence-corrected chi connectivity index (χ0v) is 14.0. The van der Waals surface area contributed by atoms with Crippen LogP contribution in [-0.2, 0) is 0 Å². The Labute approximate surface area is 127 Å². The lowest BCUT2D eigenvalue weighted by Crippen LogP contribution is -2.54. The lowest BCUT2D eigenvalue weighted by atomic mass is 9.98. The van der Waals surface area contributed by atoms with Crippen LogP contribution in [0.5, 0.6) is 0 Å². The van der Waals surface area contributed by atoms with Gasteiger partial charge in [-0.2, -0.15) is 13.2 Å². The molecule has 0 aliphatic rings. The average Bonchev–Trinajstić information content (AvgIpc) is 2.71. The van der Waals surface area contributed by atoms with E-state index < -0.39 is 17.6 Å². The Morgan fingerprint density at radius 3 is 2.00 bits per heavy atom. The van der Waals surface area contributed by atoms with Crippen LogP contribution in [0, 0.1) is 0 Å². The van der Waals surface area contributed by atoms with Gasteiger partial charge in [0.1, 0.15) is 5.54 Å². The molecular formula is C15H22F3NOS. The first-order valence-corrected chi connectivity index (χ1v) is 7.71. The third kappa shape index (κ3) is 3.99. The highest BCUT2D eigenvalue weighted by atomic mass is 32.1. The van der Waals surface area contributed by atoms with Crippen molar-refractivity contribution in [1.29, 1.82) is 0 Å². The van der Waals surface area contributed by atoms with Gasteiger partial charge in [-0.1, -0.05) is 27.7 Å². The fraction of sp³-hybridized carbons (Fsp3) is 0.667. The number of halogens is 3. The number of alkyl halides is 3. The van der Waals surface area contributed by atoms with Gasteiger partial charge in [-0.3, -0.25) is 4.79 Å². The van der Waals surface area contributed by atoms with E-state index in [1.54, 1.807) is 6.07 Å². The van der Waals surface area contributed by atoms with Crippen LogP contribution in [0.2, 0.25) is 0 Å². The summed E-state index contributed by atoms with van der Waals surface area (Å²) >= 11 is 1.28. The molecule has 0 aliphatic heterocycles. The number of nitrogens with one attached hydrogen (secondary N) is 1. The second-order valence-corrected chi connectivity index (χ2v) is 7.40. The second-order valence-electron chi connectivity index (χ2n) is 6.32. The van der Waals surface area contributed by atoms with E-state index in [4.69, 9.17) is 0 Å². The minimum atomic E-state index is -4.48. The zero-order chi connectivity index (χ0) is 16.6. The quantitative estimate of drug-likeness (QED) is 0.824. The molecule has 1 amide bonds. The van der Waals surface area contributed by atoms with Gasteiger partial charge in [-0.25, -0.2) is 0 Å². The third-order valence-corrected chi connectivity index (χ3v) is 4.75. The van der Waals surface area contributed by atoms with Crippen LogP contribution in [0.3, 0.4) is 0 Å². The number of hydrogen-bond donors (Lipinski definition) is 1. The van der Waals surface area contributed by atoms with Crippen LogP contribution in [0.4, 0.5) is 13.2 Å². The van der Waals surface area contributed by atoms with E-state index in [0.717, 1.165) is 24.3 Å². The molecule has 0 radical (unpaired) electrons. The zero-order valence-electron chi connectivity index (χ0n) is 13.2. The van der Waals surface area contributed by atoms with Gasteiger partial charge < -0.3 is 5.32 Å². The predicted octanol–water partition coefficient (Wildman–Crippen LogP) is 5.07. The fourth-order valence-electron chi connectivity index (χ4n) is 1.85. The molecule has 120 valence electrons. The number of carbonyl (C=O) groups excluding carboxylic acids is 1. The van der Waals surface area contributed by atoms with Gasteiger partial charge in [0, 0.05) is 4.88 Å². The van der Waals surface area contributed by atoms with E-state index in [1.807, 2.05) is 27.7 Å². The monoisotopic (exact) mass is 321 g/mol. The molecule has 0 spiro atoms. The van der Waals surface area contributed by atoms with Crippen molar-refractivity contribution in [2.24, 2.45) is 0 Å². The van der Waals surface area contributed by atoms with Crippen LogP contribution < -0.4 is 5.32 Å². The summed E-state index contributed by atoms with van der Waals surface area (Å²) in [5, 5.41) is 2.08. The molecule has 6 heteroatoms. The molecule has 1 aromatic heterocycles. The molecule has 1 aromatic rings. The van der Waals surface area contributed by atoms with Crippen molar-refractivity contribution in [3.63, 3.8) is 0 Å². The molecule has 1 rings (SSSR count). The minimum absolute atomic E-state index is 0.232. The Morgan fingerprint density at radius 2 is 1.67 bits per heavy atom. The predicted molar refractivity (Wildman–Crippen MR) is 80.1 cm³/mol. The lowest BCUT2D eigenvalue weighted by Gasteiger charge is -2.28. The van der Waals surface area contributed by atoms with Crippen LogP contribution in [0.25, 0.3) is 0 Å². The van der Waals surface area contributed by atoms with Crippen molar-refractivity contribution >= 4 is 17.2 Å². The molecule has 0 saturated heterocycles. The van der Waals surface area contributed by atoms with Crippen molar-refractivity contribution in [3.8, 4) is 0 Å². The van der Waals surface area contributed by atoms with E-state index in [-0.39, 0.29) is 11.8 Å². The molecule has 21 heavy (non-hydrogen) atoms. The first kappa shape index (κ1) is 18.0. The highest BCUT2D eigenvalue weighted by molar-refractivity contribution is 7.14. The van der Waals surface area contributed by atoms with Gasteiger partial charge in [-0.15, -0.1) is 11.3 Å². The molecular weight excluding hydrogens is 299 g/mol. The van der Waals surface area contributed by atoms with Crippen LogP contribution in [-0.4, -0.2) is 17.6 Å². The number of rotatable bonds is 4. The summed E-state index contributed by atoms with van der Waals surface area (Å²) in [6, 6.07) is 1.71. The van der Waals surface area contributed by atoms with Crippen LogP contribution in [0.1, 0.15) is 73.5 Å². The number of carbonyl (C=O) groups is 1. The molecule has 2 nitrogen and oxygen atoms in total.